The Balaban J connectivity index is 1.38. The molecule has 0 aliphatic heterocycles. The van der Waals surface area contributed by atoms with Gasteiger partial charge in [-0.25, -0.2) is 4.39 Å². The zero-order valence-corrected chi connectivity index (χ0v) is 20.6. The minimum atomic E-state index is -0.798. The number of aryl methyl sites for hydroxylation is 1. The summed E-state index contributed by atoms with van der Waals surface area (Å²) in [5, 5.41) is 0. The third-order valence-electron chi connectivity index (χ3n) is 8.30. The van der Waals surface area contributed by atoms with E-state index in [4.69, 9.17) is 4.74 Å². The highest BCUT2D eigenvalue weighted by Gasteiger charge is 2.31. The Morgan fingerprint density at radius 1 is 0.719 bits per heavy atom. The molecule has 0 spiro atoms. The second-order valence-electron chi connectivity index (χ2n) is 10.7. The van der Waals surface area contributed by atoms with Crippen molar-refractivity contribution in [3.8, 4) is 5.75 Å². The average Bonchev–Trinajstić information content (AvgIpc) is 2.82. The van der Waals surface area contributed by atoms with E-state index in [0.29, 0.717) is 24.5 Å². The fourth-order valence-corrected chi connectivity index (χ4v) is 6.19. The summed E-state index contributed by atoms with van der Waals surface area (Å²) in [4.78, 5) is 0. The number of halogens is 2. The quantitative estimate of drug-likeness (QED) is 0.289. The summed E-state index contributed by atoms with van der Waals surface area (Å²) < 4.78 is 34.8. The molecular weight excluding hydrogens is 402 g/mol. The van der Waals surface area contributed by atoms with Gasteiger partial charge in [0.25, 0.3) is 0 Å². The molecule has 0 saturated heterocycles. The molecule has 0 radical (unpaired) electrons. The zero-order chi connectivity index (χ0) is 22.8. The van der Waals surface area contributed by atoms with E-state index in [1.54, 1.807) is 12.1 Å². The first-order valence-corrected chi connectivity index (χ1v) is 13.7. The van der Waals surface area contributed by atoms with Gasteiger partial charge in [0.15, 0.2) is 11.6 Å². The van der Waals surface area contributed by atoms with E-state index in [1.807, 2.05) is 0 Å². The molecule has 0 heterocycles. The van der Waals surface area contributed by atoms with Gasteiger partial charge in [0.2, 0.25) is 5.82 Å². The van der Waals surface area contributed by atoms with E-state index in [0.717, 1.165) is 30.6 Å². The van der Waals surface area contributed by atoms with Gasteiger partial charge >= 0.3 is 0 Å². The summed E-state index contributed by atoms with van der Waals surface area (Å²) in [6.07, 6.45) is 19.5. The molecule has 3 rings (SSSR count). The van der Waals surface area contributed by atoms with Gasteiger partial charge in [-0.3, -0.25) is 0 Å². The lowest BCUT2D eigenvalue weighted by Gasteiger charge is -2.37. The lowest BCUT2D eigenvalue weighted by Crippen LogP contribution is -2.27. The highest BCUT2D eigenvalue weighted by atomic mass is 19.2. The highest BCUT2D eigenvalue weighted by Crippen LogP contribution is 2.42. The van der Waals surface area contributed by atoms with Crippen LogP contribution >= 0.6 is 0 Å². The van der Waals surface area contributed by atoms with E-state index < -0.39 is 11.6 Å². The normalized spacial score (nSPS) is 26.2. The van der Waals surface area contributed by atoms with Crippen molar-refractivity contribution >= 4 is 0 Å². The summed E-state index contributed by atoms with van der Waals surface area (Å²) in [5.74, 6) is 1.83. The number of benzene rings is 1. The fourth-order valence-electron chi connectivity index (χ4n) is 6.19. The molecule has 1 nitrogen and oxygen atoms in total. The van der Waals surface area contributed by atoms with E-state index in [-0.39, 0.29) is 5.75 Å². The first kappa shape index (κ1) is 25.5. The van der Waals surface area contributed by atoms with E-state index in [9.17, 15) is 8.78 Å². The van der Waals surface area contributed by atoms with Crippen LogP contribution in [0.5, 0.6) is 5.75 Å². The maximum absolute atomic E-state index is 14.5. The first-order valence-electron chi connectivity index (χ1n) is 13.7. The molecule has 0 aromatic heterocycles. The van der Waals surface area contributed by atoms with Gasteiger partial charge in [0.1, 0.15) is 0 Å². The minimum absolute atomic E-state index is 0.0913. The van der Waals surface area contributed by atoms with Crippen LogP contribution in [0.3, 0.4) is 0 Å². The van der Waals surface area contributed by atoms with Gasteiger partial charge in [0.05, 0.1) is 6.61 Å². The van der Waals surface area contributed by atoms with Gasteiger partial charge in [0, 0.05) is 0 Å². The lowest BCUT2D eigenvalue weighted by molar-refractivity contribution is 0.120. The van der Waals surface area contributed by atoms with Gasteiger partial charge in [-0.1, -0.05) is 71.3 Å². The number of unbranched alkanes of at least 4 members (excludes halogenated alkanes) is 4. The van der Waals surface area contributed by atoms with E-state index in [1.165, 1.54) is 83.5 Å². The molecule has 0 bridgehead atoms. The Bertz CT molecular complexity index is 657. The van der Waals surface area contributed by atoms with E-state index >= 15 is 0 Å². The number of hydrogen-bond donors (Lipinski definition) is 0. The minimum Gasteiger partial charge on any atom is -0.490 e. The Labute approximate surface area is 195 Å². The van der Waals surface area contributed by atoms with E-state index in [2.05, 4.69) is 13.8 Å². The second kappa shape index (κ2) is 13.6. The van der Waals surface area contributed by atoms with Crippen LogP contribution in [0.25, 0.3) is 0 Å². The molecule has 2 aliphatic rings. The topological polar surface area (TPSA) is 9.23 Å². The highest BCUT2D eigenvalue weighted by molar-refractivity contribution is 5.31. The second-order valence-corrected chi connectivity index (χ2v) is 10.7. The van der Waals surface area contributed by atoms with Crippen molar-refractivity contribution in [3.63, 3.8) is 0 Å². The van der Waals surface area contributed by atoms with Gasteiger partial charge in [-0.2, -0.15) is 4.39 Å². The van der Waals surface area contributed by atoms with Gasteiger partial charge < -0.3 is 4.74 Å². The van der Waals surface area contributed by atoms with Crippen LogP contribution in [-0.4, -0.2) is 6.61 Å². The molecule has 0 N–H and O–H groups in total. The van der Waals surface area contributed by atoms with Crippen molar-refractivity contribution < 1.29 is 13.5 Å². The molecule has 0 amide bonds. The number of hydrogen-bond acceptors (Lipinski definition) is 1. The summed E-state index contributed by atoms with van der Waals surface area (Å²) in [5.41, 5.74) is 0.487. The summed E-state index contributed by atoms with van der Waals surface area (Å²) in [6.45, 7) is 5.00. The van der Waals surface area contributed by atoms with Crippen molar-refractivity contribution in [2.24, 2.45) is 23.7 Å². The molecule has 32 heavy (non-hydrogen) atoms. The van der Waals surface area contributed by atoms with Crippen LogP contribution in [0.4, 0.5) is 8.78 Å². The Kier molecular flexibility index (Phi) is 10.8. The zero-order valence-electron chi connectivity index (χ0n) is 20.6. The SMILES string of the molecule is CCCCCCCc1ccc(OCC2CCC(C3CCC(CCC)CC3)CC2)c(F)c1F. The fraction of sp³-hybridized carbons (Fsp3) is 0.793. The predicted octanol–water partition coefficient (Wildman–Crippen LogP) is 9.27. The number of rotatable bonds is 12. The first-order chi connectivity index (χ1) is 15.6. The molecule has 0 unspecified atom stereocenters. The Morgan fingerprint density at radius 3 is 1.97 bits per heavy atom. The molecule has 2 fully saturated rings. The molecule has 182 valence electrons. The summed E-state index contributed by atoms with van der Waals surface area (Å²) in [6, 6.07) is 3.36. The molecule has 1 aromatic rings. The maximum Gasteiger partial charge on any atom is 0.200 e. The van der Waals surface area contributed by atoms with Crippen molar-refractivity contribution in [1.29, 1.82) is 0 Å². The monoisotopic (exact) mass is 448 g/mol. The standard InChI is InChI=1S/C29H46F2O/c1-3-5-6-7-8-10-26-19-20-27(29(31)28(26)30)32-21-23-13-17-25(18-14-23)24-15-11-22(9-4-2)12-16-24/h19-20,22-25H,3-18,21H2,1-2H3. The van der Waals surface area contributed by atoms with Crippen molar-refractivity contribution in [2.45, 2.75) is 117 Å². The largest absolute Gasteiger partial charge is 0.490 e. The Hall–Kier alpha value is -1.12. The third kappa shape index (κ3) is 7.45. The van der Waals surface area contributed by atoms with Gasteiger partial charge in [-0.15, -0.1) is 0 Å². The van der Waals surface area contributed by atoms with Crippen LogP contribution < -0.4 is 4.74 Å². The molecule has 2 saturated carbocycles. The van der Waals surface area contributed by atoms with Crippen molar-refractivity contribution in [1.82, 2.24) is 0 Å². The summed E-state index contributed by atoms with van der Waals surface area (Å²) in [7, 11) is 0. The van der Waals surface area contributed by atoms with Crippen LogP contribution in [0.2, 0.25) is 0 Å². The van der Waals surface area contributed by atoms with Gasteiger partial charge in [-0.05, 0) is 86.7 Å². The van der Waals surface area contributed by atoms with Crippen LogP contribution in [0.1, 0.15) is 116 Å². The molecule has 0 atom stereocenters. The summed E-state index contributed by atoms with van der Waals surface area (Å²) >= 11 is 0. The Morgan fingerprint density at radius 2 is 1.34 bits per heavy atom. The smallest absolute Gasteiger partial charge is 0.200 e. The van der Waals surface area contributed by atoms with Crippen LogP contribution in [0.15, 0.2) is 12.1 Å². The number of ether oxygens (including phenoxy) is 1. The van der Waals surface area contributed by atoms with Crippen molar-refractivity contribution in [2.75, 3.05) is 6.61 Å². The third-order valence-corrected chi connectivity index (χ3v) is 8.30. The van der Waals surface area contributed by atoms with Crippen molar-refractivity contribution in [3.05, 3.63) is 29.3 Å². The maximum atomic E-state index is 14.5. The van der Waals surface area contributed by atoms with Crippen LogP contribution in [-0.2, 0) is 6.42 Å². The predicted molar refractivity (Wildman–Crippen MR) is 130 cm³/mol. The average molecular weight is 449 g/mol. The van der Waals surface area contributed by atoms with Crippen LogP contribution in [0, 0.1) is 35.3 Å². The molecule has 2 aliphatic carbocycles. The molecule has 3 heteroatoms. The molecule has 1 aromatic carbocycles. The lowest BCUT2D eigenvalue weighted by atomic mass is 9.69. The molecular formula is C29H46F2O.